The Hall–Kier alpha value is -1.19. The highest BCUT2D eigenvalue weighted by Gasteiger charge is 2.33. The van der Waals surface area contributed by atoms with Crippen LogP contribution in [0, 0.1) is 0 Å². The number of aliphatic hydroxyl groups is 2. The van der Waals surface area contributed by atoms with Crippen LogP contribution in [0.2, 0.25) is 0 Å². The Morgan fingerprint density at radius 2 is 1.78 bits per heavy atom. The lowest BCUT2D eigenvalue weighted by Crippen LogP contribution is -2.30. The Bertz CT molecular complexity index is 391. The predicted octanol–water partition coefficient (Wildman–Crippen LogP) is 2.11. The molecule has 0 aliphatic heterocycles. The number of carbonyl (C=O) groups excluding carboxylic acids is 1. The fourth-order valence-corrected chi connectivity index (χ4v) is 2.80. The lowest BCUT2D eigenvalue weighted by molar-refractivity contribution is -0.113. The number of aliphatic hydroxyl groups excluding tert-OH is 2. The summed E-state index contributed by atoms with van der Waals surface area (Å²) in [5.41, 5.74) is 1.39. The third kappa shape index (κ3) is 2.47. The summed E-state index contributed by atoms with van der Waals surface area (Å²) < 4.78 is 0. The average molecular weight is 248 g/mol. The summed E-state index contributed by atoms with van der Waals surface area (Å²) in [6.07, 6.45) is 5.48. The molecule has 1 aliphatic rings. The highest BCUT2D eigenvalue weighted by Crippen LogP contribution is 2.38. The first-order chi connectivity index (χ1) is 8.72. The first-order valence-corrected chi connectivity index (χ1v) is 6.57. The number of hydrogen-bond acceptors (Lipinski definition) is 3. The van der Waals surface area contributed by atoms with Crippen LogP contribution in [0.15, 0.2) is 24.3 Å². The van der Waals surface area contributed by atoms with E-state index in [-0.39, 0.29) is 12.0 Å². The summed E-state index contributed by atoms with van der Waals surface area (Å²) in [6, 6.07) is 7.42. The minimum absolute atomic E-state index is 0.280. The Morgan fingerprint density at radius 3 is 2.28 bits per heavy atom. The van der Waals surface area contributed by atoms with Gasteiger partial charge in [-0.2, -0.15) is 0 Å². The molecule has 98 valence electrons. The van der Waals surface area contributed by atoms with Gasteiger partial charge >= 0.3 is 0 Å². The smallest absolute Gasteiger partial charge is 0.130 e. The minimum Gasteiger partial charge on any atom is -0.393 e. The van der Waals surface area contributed by atoms with Crippen molar-refractivity contribution in [2.24, 2.45) is 0 Å². The van der Waals surface area contributed by atoms with E-state index in [2.05, 4.69) is 0 Å². The summed E-state index contributed by atoms with van der Waals surface area (Å²) in [4.78, 5) is 11.5. The van der Waals surface area contributed by atoms with Gasteiger partial charge in [-0.05, 0) is 24.0 Å². The van der Waals surface area contributed by atoms with Gasteiger partial charge in [-0.1, -0.05) is 43.5 Å². The van der Waals surface area contributed by atoms with E-state index >= 15 is 0 Å². The molecule has 1 saturated carbocycles. The maximum absolute atomic E-state index is 11.5. The van der Waals surface area contributed by atoms with Crippen molar-refractivity contribution >= 4 is 6.29 Å². The SMILES string of the molecule is O=CC1(c2ccc(C(O)CO)cc2)CCCCC1. The maximum atomic E-state index is 11.5. The fourth-order valence-electron chi connectivity index (χ4n) is 2.80. The van der Waals surface area contributed by atoms with Crippen LogP contribution in [0.4, 0.5) is 0 Å². The van der Waals surface area contributed by atoms with Crippen molar-refractivity contribution in [3.63, 3.8) is 0 Å². The van der Waals surface area contributed by atoms with Crippen molar-refractivity contribution in [1.29, 1.82) is 0 Å². The van der Waals surface area contributed by atoms with Crippen LogP contribution in [0.1, 0.15) is 49.3 Å². The topological polar surface area (TPSA) is 57.5 Å². The second kappa shape index (κ2) is 5.63. The van der Waals surface area contributed by atoms with Crippen LogP contribution in [-0.2, 0) is 10.2 Å². The molecular formula is C15H20O3. The molecule has 0 radical (unpaired) electrons. The highest BCUT2D eigenvalue weighted by molar-refractivity contribution is 5.68. The Kier molecular flexibility index (Phi) is 4.15. The monoisotopic (exact) mass is 248 g/mol. The van der Waals surface area contributed by atoms with Crippen LogP contribution in [0.5, 0.6) is 0 Å². The zero-order valence-corrected chi connectivity index (χ0v) is 10.5. The van der Waals surface area contributed by atoms with Crippen LogP contribution < -0.4 is 0 Å². The Balaban J connectivity index is 2.24. The molecule has 1 atom stereocenters. The van der Waals surface area contributed by atoms with Crippen molar-refractivity contribution in [2.75, 3.05) is 6.61 Å². The molecule has 1 aliphatic carbocycles. The van der Waals surface area contributed by atoms with Crippen molar-refractivity contribution in [2.45, 2.75) is 43.6 Å². The van der Waals surface area contributed by atoms with Crippen LogP contribution in [-0.4, -0.2) is 23.1 Å². The predicted molar refractivity (Wildman–Crippen MR) is 69.3 cm³/mol. The number of aldehydes is 1. The van der Waals surface area contributed by atoms with Gasteiger partial charge in [-0.25, -0.2) is 0 Å². The maximum Gasteiger partial charge on any atom is 0.130 e. The quantitative estimate of drug-likeness (QED) is 0.802. The molecule has 1 fully saturated rings. The average Bonchev–Trinajstić information content (AvgIpc) is 2.47. The van der Waals surface area contributed by atoms with E-state index in [0.29, 0.717) is 5.56 Å². The first kappa shape index (κ1) is 13.2. The minimum atomic E-state index is -0.836. The molecule has 0 aromatic heterocycles. The number of carbonyl (C=O) groups is 1. The van der Waals surface area contributed by atoms with Crippen molar-refractivity contribution < 1.29 is 15.0 Å². The molecule has 0 amide bonds. The summed E-state index contributed by atoms with van der Waals surface area (Å²) in [5.74, 6) is 0. The summed E-state index contributed by atoms with van der Waals surface area (Å²) in [7, 11) is 0. The molecule has 3 heteroatoms. The van der Waals surface area contributed by atoms with Gasteiger partial charge in [0.25, 0.3) is 0 Å². The van der Waals surface area contributed by atoms with Crippen LogP contribution in [0.25, 0.3) is 0 Å². The van der Waals surface area contributed by atoms with E-state index in [1.165, 1.54) is 6.42 Å². The Morgan fingerprint density at radius 1 is 1.17 bits per heavy atom. The zero-order valence-electron chi connectivity index (χ0n) is 10.5. The van der Waals surface area contributed by atoms with Gasteiger partial charge in [0.2, 0.25) is 0 Å². The van der Waals surface area contributed by atoms with Crippen molar-refractivity contribution in [1.82, 2.24) is 0 Å². The van der Waals surface area contributed by atoms with Gasteiger partial charge in [-0.15, -0.1) is 0 Å². The van der Waals surface area contributed by atoms with Gasteiger partial charge in [0, 0.05) is 0 Å². The zero-order chi connectivity index (χ0) is 13.0. The van der Waals surface area contributed by atoms with Gasteiger partial charge in [0.05, 0.1) is 12.0 Å². The molecule has 0 spiro atoms. The van der Waals surface area contributed by atoms with E-state index in [9.17, 15) is 9.90 Å². The number of hydrogen-bond donors (Lipinski definition) is 2. The van der Waals surface area contributed by atoms with Gasteiger partial charge in [0.15, 0.2) is 0 Å². The fraction of sp³-hybridized carbons (Fsp3) is 0.533. The van der Waals surface area contributed by atoms with E-state index < -0.39 is 6.10 Å². The number of benzene rings is 1. The normalized spacial score (nSPS) is 20.3. The molecule has 1 unspecified atom stereocenters. The molecule has 1 aromatic carbocycles. The molecule has 18 heavy (non-hydrogen) atoms. The standard InChI is InChI=1S/C15H20O3/c16-10-14(18)12-4-6-13(7-5-12)15(11-17)8-2-1-3-9-15/h4-7,11,14,16,18H,1-3,8-10H2. The van der Waals surface area contributed by atoms with Gasteiger partial charge in [-0.3, -0.25) is 0 Å². The van der Waals surface area contributed by atoms with E-state index in [0.717, 1.165) is 37.5 Å². The molecule has 1 aromatic rings. The lowest BCUT2D eigenvalue weighted by Gasteiger charge is -2.32. The molecule has 0 saturated heterocycles. The van der Waals surface area contributed by atoms with Crippen LogP contribution in [0.3, 0.4) is 0 Å². The second-order valence-corrected chi connectivity index (χ2v) is 5.16. The second-order valence-electron chi connectivity index (χ2n) is 5.16. The van der Waals surface area contributed by atoms with Crippen molar-refractivity contribution in [3.05, 3.63) is 35.4 Å². The van der Waals surface area contributed by atoms with E-state index in [1.54, 1.807) is 12.1 Å². The third-order valence-electron chi connectivity index (χ3n) is 4.01. The van der Waals surface area contributed by atoms with E-state index in [1.807, 2.05) is 12.1 Å². The molecule has 3 nitrogen and oxygen atoms in total. The molecular weight excluding hydrogens is 228 g/mol. The molecule has 0 heterocycles. The van der Waals surface area contributed by atoms with Crippen LogP contribution >= 0.6 is 0 Å². The lowest BCUT2D eigenvalue weighted by atomic mass is 9.70. The van der Waals surface area contributed by atoms with Gasteiger partial charge < -0.3 is 15.0 Å². The van der Waals surface area contributed by atoms with Crippen molar-refractivity contribution in [3.8, 4) is 0 Å². The summed E-state index contributed by atoms with van der Waals surface area (Å²) in [5, 5.41) is 18.4. The largest absolute Gasteiger partial charge is 0.393 e. The molecule has 2 rings (SSSR count). The third-order valence-corrected chi connectivity index (χ3v) is 4.01. The number of rotatable bonds is 4. The Labute approximate surface area is 107 Å². The summed E-state index contributed by atoms with van der Waals surface area (Å²) in [6.45, 7) is -0.280. The summed E-state index contributed by atoms with van der Waals surface area (Å²) >= 11 is 0. The molecule has 0 bridgehead atoms. The highest BCUT2D eigenvalue weighted by atomic mass is 16.3. The molecule has 2 N–H and O–H groups in total. The first-order valence-electron chi connectivity index (χ1n) is 6.57. The van der Waals surface area contributed by atoms with E-state index in [4.69, 9.17) is 5.11 Å². The van der Waals surface area contributed by atoms with Gasteiger partial charge in [0.1, 0.15) is 12.4 Å².